The Kier molecular flexibility index (Phi) is 2.45. The van der Waals surface area contributed by atoms with Crippen LogP contribution in [-0.4, -0.2) is 6.10 Å². The van der Waals surface area contributed by atoms with Crippen LogP contribution in [0.15, 0.2) is 18.2 Å². The molecule has 2 heteroatoms. The van der Waals surface area contributed by atoms with Gasteiger partial charge in [-0.15, -0.1) is 0 Å². The molecule has 1 aromatic carbocycles. The van der Waals surface area contributed by atoms with Crippen LogP contribution in [0.25, 0.3) is 0 Å². The molecule has 13 heavy (non-hydrogen) atoms. The Hall–Kier alpha value is -0.690. The lowest BCUT2D eigenvalue weighted by Gasteiger charge is -2.07. The predicted octanol–water partition coefficient (Wildman–Crippen LogP) is 3.44. The summed E-state index contributed by atoms with van der Waals surface area (Å²) in [6, 6.07) is 5.90. The molecule has 0 radical (unpaired) electrons. The maximum atomic E-state index is 5.99. The molecule has 1 nitrogen and oxygen atoms in total. The van der Waals surface area contributed by atoms with Gasteiger partial charge in [-0.05, 0) is 43.0 Å². The van der Waals surface area contributed by atoms with Gasteiger partial charge in [0.2, 0.25) is 0 Å². The van der Waals surface area contributed by atoms with Gasteiger partial charge in [0.1, 0.15) is 5.75 Å². The topological polar surface area (TPSA) is 9.23 Å². The molecule has 0 unspecified atom stereocenters. The number of ether oxygens (including phenoxy) is 1. The fraction of sp³-hybridized carbons (Fsp3) is 0.455. The standard InChI is InChI=1S/C11H13ClO/c1-2-8-7-10(5-6-11(8)12)13-9-3-4-9/h5-7,9H,2-4H2,1H3. The van der Waals surface area contributed by atoms with E-state index in [9.17, 15) is 0 Å². The average molecular weight is 197 g/mol. The van der Waals surface area contributed by atoms with Crippen LogP contribution in [-0.2, 0) is 6.42 Å². The summed E-state index contributed by atoms with van der Waals surface area (Å²) in [5.41, 5.74) is 1.17. The zero-order valence-corrected chi connectivity index (χ0v) is 8.47. The Bertz CT molecular complexity index is 305. The number of rotatable bonds is 3. The van der Waals surface area contributed by atoms with Crippen molar-refractivity contribution in [1.29, 1.82) is 0 Å². The van der Waals surface area contributed by atoms with E-state index in [-0.39, 0.29) is 0 Å². The second kappa shape index (κ2) is 3.59. The molecular weight excluding hydrogens is 184 g/mol. The van der Waals surface area contributed by atoms with Gasteiger partial charge in [0, 0.05) is 5.02 Å². The molecule has 1 aliphatic rings. The van der Waals surface area contributed by atoms with Crippen molar-refractivity contribution in [1.82, 2.24) is 0 Å². The van der Waals surface area contributed by atoms with E-state index in [2.05, 4.69) is 6.92 Å². The van der Waals surface area contributed by atoms with Gasteiger partial charge in [0.25, 0.3) is 0 Å². The Morgan fingerprint density at radius 3 is 2.85 bits per heavy atom. The second-order valence-corrected chi connectivity index (χ2v) is 3.83. The maximum absolute atomic E-state index is 5.99. The summed E-state index contributed by atoms with van der Waals surface area (Å²) in [6.45, 7) is 2.10. The van der Waals surface area contributed by atoms with Crippen LogP contribution in [0.4, 0.5) is 0 Å². The SMILES string of the molecule is CCc1cc(OC2CC2)ccc1Cl. The van der Waals surface area contributed by atoms with Crippen LogP contribution in [0.5, 0.6) is 5.75 Å². The van der Waals surface area contributed by atoms with Crippen molar-refractivity contribution in [3.8, 4) is 5.75 Å². The smallest absolute Gasteiger partial charge is 0.120 e. The van der Waals surface area contributed by atoms with E-state index in [1.165, 1.54) is 18.4 Å². The van der Waals surface area contributed by atoms with Gasteiger partial charge in [-0.3, -0.25) is 0 Å². The molecule has 0 amide bonds. The third-order valence-electron chi connectivity index (χ3n) is 2.23. The van der Waals surface area contributed by atoms with Gasteiger partial charge in [0.05, 0.1) is 6.10 Å². The number of halogens is 1. The lowest BCUT2D eigenvalue weighted by Crippen LogP contribution is -1.96. The summed E-state index contributed by atoms with van der Waals surface area (Å²) in [5.74, 6) is 0.962. The van der Waals surface area contributed by atoms with Crippen molar-refractivity contribution in [3.63, 3.8) is 0 Å². The zero-order valence-electron chi connectivity index (χ0n) is 7.72. The van der Waals surface area contributed by atoms with Crippen molar-refractivity contribution in [3.05, 3.63) is 28.8 Å². The molecule has 1 aliphatic carbocycles. The average Bonchev–Trinajstić information content (AvgIpc) is 2.92. The first kappa shape index (κ1) is 8.89. The highest BCUT2D eigenvalue weighted by Crippen LogP contribution is 2.29. The molecular formula is C11H13ClO. The Balaban J connectivity index is 2.16. The van der Waals surface area contributed by atoms with Crippen LogP contribution >= 0.6 is 11.6 Å². The van der Waals surface area contributed by atoms with Crippen LogP contribution in [0.1, 0.15) is 25.3 Å². The van der Waals surface area contributed by atoms with E-state index < -0.39 is 0 Å². The summed E-state index contributed by atoms with van der Waals surface area (Å²) in [6.07, 6.45) is 3.82. The zero-order chi connectivity index (χ0) is 9.26. The van der Waals surface area contributed by atoms with E-state index >= 15 is 0 Å². The van der Waals surface area contributed by atoms with Crippen molar-refractivity contribution in [2.24, 2.45) is 0 Å². The minimum absolute atomic E-state index is 0.464. The van der Waals surface area contributed by atoms with Crippen molar-refractivity contribution >= 4 is 11.6 Å². The Morgan fingerprint density at radius 2 is 2.23 bits per heavy atom. The molecule has 0 saturated heterocycles. The van der Waals surface area contributed by atoms with E-state index in [1.54, 1.807) is 0 Å². The second-order valence-electron chi connectivity index (χ2n) is 3.42. The molecule has 2 rings (SSSR count). The summed E-state index contributed by atoms with van der Waals surface area (Å²) in [4.78, 5) is 0. The third-order valence-corrected chi connectivity index (χ3v) is 2.59. The van der Waals surface area contributed by atoms with Gasteiger partial charge in [0.15, 0.2) is 0 Å². The predicted molar refractivity (Wildman–Crippen MR) is 54.5 cm³/mol. The lowest BCUT2D eigenvalue weighted by atomic mass is 10.1. The summed E-state index contributed by atoms with van der Waals surface area (Å²) >= 11 is 5.99. The van der Waals surface area contributed by atoms with Crippen LogP contribution in [0.2, 0.25) is 5.02 Å². The van der Waals surface area contributed by atoms with Gasteiger partial charge in [-0.1, -0.05) is 18.5 Å². The van der Waals surface area contributed by atoms with E-state index in [1.807, 2.05) is 18.2 Å². The molecule has 1 saturated carbocycles. The molecule has 1 fully saturated rings. The highest BCUT2D eigenvalue weighted by atomic mass is 35.5. The molecule has 0 heterocycles. The molecule has 0 aromatic heterocycles. The highest BCUT2D eigenvalue weighted by Gasteiger charge is 2.23. The summed E-state index contributed by atoms with van der Waals surface area (Å²) in [7, 11) is 0. The number of aryl methyl sites for hydroxylation is 1. The number of hydrogen-bond donors (Lipinski definition) is 0. The molecule has 70 valence electrons. The van der Waals surface area contributed by atoms with Gasteiger partial charge in [-0.25, -0.2) is 0 Å². The first-order valence-electron chi connectivity index (χ1n) is 4.74. The molecule has 0 aliphatic heterocycles. The number of benzene rings is 1. The van der Waals surface area contributed by atoms with Crippen molar-refractivity contribution in [2.75, 3.05) is 0 Å². The Morgan fingerprint density at radius 1 is 1.46 bits per heavy atom. The molecule has 0 spiro atoms. The summed E-state index contributed by atoms with van der Waals surface area (Å²) < 4.78 is 5.66. The molecule has 0 bridgehead atoms. The lowest BCUT2D eigenvalue weighted by molar-refractivity contribution is 0.303. The fourth-order valence-corrected chi connectivity index (χ4v) is 1.52. The first-order chi connectivity index (χ1) is 6.29. The maximum Gasteiger partial charge on any atom is 0.120 e. The van der Waals surface area contributed by atoms with Crippen LogP contribution < -0.4 is 4.74 Å². The Labute approximate surface area is 83.7 Å². The largest absolute Gasteiger partial charge is 0.490 e. The monoisotopic (exact) mass is 196 g/mol. The number of hydrogen-bond acceptors (Lipinski definition) is 1. The highest BCUT2D eigenvalue weighted by molar-refractivity contribution is 6.31. The minimum Gasteiger partial charge on any atom is -0.490 e. The molecule has 0 N–H and O–H groups in total. The van der Waals surface area contributed by atoms with Crippen molar-refractivity contribution in [2.45, 2.75) is 32.3 Å². The quantitative estimate of drug-likeness (QED) is 0.720. The third kappa shape index (κ3) is 2.16. The van der Waals surface area contributed by atoms with Gasteiger partial charge < -0.3 is 4.74 Å². The van der Waals surface area contributed by atoms with Gasteiger partial charge >= 0.3 is 0 Å². The first-order valence-corrected chi connectivity index (χ1v) is 5.12. The molecule has 0 atom stereocenters. The normalized spacial score (nSPS) is 15.8. The van der Waals surface area contributed by atoms with Crippen molar-refractivity contribution < 1.29 is 4.74 Å². The van der Waals surface area contributed by atoms with Crippen LogP contribution in [0, 0.1) is 0 Å². The molecule has 1 aromatic rings. The van der Waals surface area contributed by atoms with E-state index in [0.717, 1.165) is 17.2 Å². The summed E-state index contributed by atoms with van der Waals surface area (Å²) in [5, 5.41) is 0.839. The minimum atomic E-state index is 0.464. The van der Waals surface area contributed by atoms with Gasteiger partial charge in [-0.2, -0.15) is 0 Å². The van der Waals surface area contributed by atoms with Crippen LogP contribution in [0.3, 0.4) is 0 Å². The van der Waals surface area contributed by atoms with E-state index in [0.29, 0.717) is 6.10 Å². The van der Waals surface area contributed by atoms with E-state index in [4.69, 9.17) is 16.3 Å². The fourth-order valence-electron chi connectivity index (χ4n) is 1.27.